The number of pyridine rings is 1. The Morgan fingerprint density at radius 3 is 3.11 bits per heavy atom. The maximum atomic E-state index is 8.66. The number of hydrogen-bond acceptors (Lipinski definition) is 3. The molecule has 0 saturated carbocycles. The number of imidazole rings is 1. The minimum absolute atomic E-state index is 0.572. The molecule has 0 radical (unpaired) electrons. The van der Waals surface area contributed by atoms with Gasteiger partial charge in [-0.3, -0.25) is 9.30 Å². The maximum absolute atomic E-state index is 8.66. The summed E-state index contributed by atoms with van der Waals surface area (Å²) in [5.74, 6) is 0. The summed E-state index contributed by atoms with van der Waals surface area (Å²) in [6.45, 7) is 4.72. The Balaban J connectivity index is 2.23. The first-order chi connectivity index (χ1) is 8.76. The molecule has 0 bridgehead atoms. The average molecular weight is 354 g/mol. The summed E-state index contributed by atoms with van der Waals surface area (Å²) in [6, 6.07) is 6.35. The number of rotatable bonds is 5. The highest BCUT2D eigenvalue weighted by Crippen LogP contribution is 2.15. The lowest BCUT2D eigenvalue weighted by molar-refractivity contribution is 0.287. The van der Waals surface area contributed by atoms with Gasteiger partial charge in [-0.05, 0) is 35.2 Å². The molecule has 0 aliphatic carbocycles. The van der Waals surface area contributed by atoms with Crippen molar-refractivity contribution >= 4 is 28.2 Å². The predicted octanol–water partition coefficient (Wildman–Crippen LogP) is 2.67. The zero-order valence-corrected chi connectivity index (χ0v) is 12.5. The third-order valence-electron chi connectivity index (χ3n) is 2.95. The van der Waals surface area contributed by atoms with Crippen molar-refractivity contribution in [2.24, 2.45) is 0 Å². The number of nitriles is 1. The highest BCUT2D eigenvalue weighted by atomic mass is 127. The number of nitrogens with zero attached hydrogens (tertiary/aromatic N) is 4. The zero-order chi connectivity index (χ0) is 13.0. The van der Waals surface area contributed by atoms with E-state index in [-0.39, 0.29) is 0 Å². The van der Waals surface area contributed by atoms with Crippen molar-refractivity contribution < 1.29 is 0 Å². The second-order valence-corrected chi connectivity index (χ2v) is 5.19. The third-order valence-corrected chi connectivity index (χ3v) is 3.75. The molecule has 0 unspecified atom stereocenters. The van der Waals surface area contributed by atoms with E-state index in [0.717, 1.165) is 29.0 Å². The second-order valence-electron chi connectivity index (χ2n) is 4.08. The van der Waals surface area contributed by atoms with Crippen molar-refractivity contribution in [1.82, 2.24) is 14.3 Å². The van der Waals surface area contributed by atoms with Crippen LogP contribution in [0.4, 0.5) is 0 Å². The summed E-state index contributed by atoms with van der Waals surface area (Å²) in [5, 5.41) is 8.66. The van der Waals surface area contributed by atoms with Gasteiger partial charge in [0.1, 0.15) is 9.35 Å². The number of hydrogen-bond donors (Lipinski definition) is 0. The third kappa shape index (κ3) is 2.82. The van der Waals surface area contributed by atoms with Crippen molar-refractivity contribution in [2.45, 2.75) is 19.9 Å². The van der Waals surface area contributed by atoms with Crippen LogP contribution in [0.1, 0.15) is 18.9 Å². The van der Waals surface area contributed by atoms with Gasteiger partial charge in [0.2, 0.25) is 0 Å². The van der Waals surface area contributed by atoms with Crippen LogP contribution < -0.4 is 0 Å². The monoisotopic (exact) mass is 354 g/mol. The lowest BCUT2D eigenvalue weighted by atomic mass is 10.2. The molecule has 4 nitrogen and oxygen atoms in total. The van der Waals surface area contributed by atoms with Gasteiger partial charge in [0, 0.05) is 31.3 Å². The number of fused-ring (bicyclic) bond motifs is 1. The molecule has 2 aromatic heterocycles. The molecule has 2 rings (SSSR count). The van der Waals surface area contributed by atoms with Crippen molar-refractivity contribution in [3.05, 3.63) is 33.8 Å². The average Bonchev–Trinajstić information content (AvgIpc) is 2.77. The van der Waals surface area contributed by atoms with E-state index < -0.39 is 0 Å². The minimum Gasteiger partial charge on any atom is -0.298 e. The van der Waals surface area contributed by atoms with Crippen LogP contribution in [0.2, 0.25) is 0 Å². The molecule has 0 fully saturated rings. The summed E-state index contributed by atoms with van der Waals surface area (Å²) in [6.07, 6.45) is 4.48. The van der Waals surface area contributed by atoms with Gasteiger partial charge in [0.05, 0.1) is 12.3 Å². The summed E-state index contributed by atoms with van der Waals surface area (Å²) < 4.78 is 3.21. The maximum Gasteiger partial charge on any atom is 0.142 e. The quantitative estimate of drug-likeness (QED) is 0.776. The Hall–Kier alpha value is -1.13. The molecule has 0 spiro atoms. The molecule has 18 heavy (non-hydrogen) atoms. The summed E-state index contributed by atoms with van der Waals surface area (Å²) in [4.78, 5) is 6.71. The Kier molecular flexibility index (Phi) is 4.55. The Morgan fingerprint density at radius 2 is 2.39 bits per heavy atom. The van der Waals surface area contributed by atoms with E-state index in [2.05, 4.69) is 55.9 Å². The summed E-state index contributed by atoms with van der Waals surface area (Å²) >= 11 is 2.28. The SMILES string of the molecule is CCN(CCC#N)Cc1cccn2c(I)cnc12. The molecule has 0 atom stereocenters. The van der Waals surface area contributed by atoms with Crippen LogP contribution in [0, 0.1) is 15.0 Å². The largest absolute Gasteiger partial charge is 0.298 e. The molecule has 94 valence electrons. The highest BCUT2D eigenvalue weighted by Gasteiger charge is 2.09. The smallest absolute Gasteiger partial charge is 0.142 e. The predicted molar refractivity (Wildman–Crippen MR) is 79.1 cm³/mol. The van der Waals surface area contributed by atoms with Crippen LogP contribution in [0.15, 0.2) is 24.5 Å². The molecule has 2 heterocycles. The van der Waals surface area contributed by atoms with Crippen molar-refractivity contribution in [1.29, 1.82) is 5.26 Å². The number of halogens is 1. The Bertz CT molecular complexity index is 570. The first-order valence-electron chi connectivity index (χ1n) is 5.96. The van der Waals surface area contributed by atoms with Gasteiger partial charge in [0.25, 0.3) is 0 Å². The minimum atomic E-state index is 0.572. The first-order valence-corrected chi connectivity index (χ1v) is 7.04. The van der Waals surface area contributed by atoms with Gasteiger partial charge < -0.3 is 0 Å². The molecule has 2 aromatic rings. The topological polar surface area (TPSA) is 44.3 Å². The van der Waals surface area contributed by atoms with Crippen LogP contribution >= 0.6 is 22.6 Å². The number of aromatic nitrogens is 2. The van der Waals surface area contributed by atoms with Gasteiger partial charge >= 0.3 is 0 Å². The lowest BCUT2D eigenvalue weighted by Crippen LogP contribution is -2.24. The fourth-order valence-electron chi connectivity index (χ4n) is 1.96. The van der Waals surface area contributed by atoms with Gasteiger partial charge in [0.15, 0.2) is 0 Å². The molecule has 5 heteroatoms. The van der Waals surface area contributed by atoms with Gasteiger partial charge in [-0.2, -0.15) is 5.26 Å². The molecule has 0 aromatic carbocycles. The van der Waals surface area contributed by atoms with E-state index in [1.54, 1.807) is 0 Å². The zero-order valence-electron chi connectivity index (χ0n) is 10.3. The first kappa shape index (κ1) is 13.3. The van der Waals surface area contributed by atoms with Gasteiger partial charge in [-0.25, -0.2) is 4.98 Å². The van der Waals surface area contributed by atoms with E-state index in [1.165, 1.54) is 5.56 Å². The molecular weight excluding hydrogens is 339 g/mol. The van der Waals surface area contributed by atoms with Crippen LogP contribution in [-0.4, -0.2) is 27.4 Å². The van der Waals surface area contributed by atoms with Crippen molar-refractivity contribution in [3.63, 3.8) is 0 Å². The fraction of sp³-hybridized carbons (Fsp3) is 0.385. The fourth-order valence-corrected chi connectivity index (χ4v) is 2.49. The van der Waals surface area contributed by atoms with Gasteiger partial charge in [-0.1, -0.05) is 13.0 Å². The highest BCUT2D eigenvalue weighted by molar-refractivity contribution is 14.1. The van der Waals surface area contributed by atoms with Crippen LogP contribution in [0.3, 0.4) is 0 Å². The Labute approximate surface area is 120 Å². The van der Waals surface area contributed by atoms with Crippen molar-refractivity contribution in [3.8, 4) is 6.07 Å². The van der Waals surface area contributed by atoms with E-state index in [1.807, 2.05) is 18.5 Å². The van der Waals surface area contributed by atoms with Gasteiger partial charge in [-0.15, -0.1) is 0 Å². The molecule has 0 aliphatic rings. The molecule has 0 saturated heterocycles. The second kappa shape index (κ2) is 6.16. The molecule has 0 amide bonds. The summed E-state index contributed by atoms with van der Waals surface area (Å²) in [5.41, 5.74) is 2.22. The van der Waals surface area contributed by atoms with Crippen LogP contribution in [0.5, 0.6) is 0 Å². The molecular formula is C13H15IN4. The van der Waals surface area contributed by atoms with Crippen molar-refractivity contribution in [2.75, 3.05) is 13.1 Å². The van der Waals surface area contributed by atoms with E-state index in [4.69, 9.17) is 5.26 Å². The standard InChI is InChI=1S/C13H15IN4/c1-2-17(7-4-6-15)10-11-5-3-8-18-12(14)9-16-13(11)18/h3,5,8-9H,2,4,7,10H2,1H3. The Morgan fingerprint density at radius 1 is 1.56 bits per heavy atom. The van der Waals surface area contributed by atoms with E-state index in [0.29, 0.717) is 6.42 Å². The molecule has 0 aliphatic heterocycles. The van der Waals surface area contributed by atoms with E-state index >= 15 is 0 Å². The normalized spacial score (nSPS) is 11.0. The molecule has 0 N–H and O–H groups in total. The lowest BCUT2D eigenvalue weighted by Gasteiger charge is -2.19. The van der Waals surface area contributed by atoms with Crippen LogP contribution in [-0.2, 0) is 6.54 Å². The van der Waals surface area contributed by atoms with E-state index in [9.17, 15) is 0 Å². The van der Waals surface area contributed by atoms with Crippen LogP contribution in [0.25, 0.3) is 5.65 Å². The summed E-state index contributed by atoms with van der Waals surface area (Å²) in [7, 11) is 0.